The van der Waals surface area contributed by atoms with Crippen LogP contribution in [0.1, 0.15) is 1.37 Å². The zero-order valence-corrected chi connectivity index (χ0v) is 5.25. The highest BCUT2D eigenvalue weighted by Gasteiger charge is 2.01. The summed E-state index contributed by atoms with van der Waals surface area (Å²) < 4.78 is 20.9. The average Bonchev–Trinajstić information content (AvgIpc) is 2.45. The summed E-state index contributed by atoms with van der Waals surface area (Å²) in [6, 6.07) is 0. The summed E-state index contributed by atoms with van der Waals surface area (Å²) in [5.41, 5.74) is -0.293. The van der Waals surface area contributed by atoms with Crippen molar-refractivity contribution >= 4 is 17.1 Å². The van der Waals surface area contributed by atoms with Crippen LogP contribution in [0.5, 0.6) is 0 Å². The molecule has 0 radical (unpaired) electrons. The van der Waals surface area contributed by atoms with Crippen LogP contribution in [0.4, 0.5) is 5.95 Å². The zero-order valence-electron chi connectivity index (χ0n) is 8.25. The molecule has 11 heavy (non-hydrogen) atoms. The first-order valence-electron chi connectivity index (χ1n) is 4.22. The van der Waals surface area contributed by atoms with Gasteiger partial charge in [-0.25, -0.2) is 4.98 Å². The van der Waals surface area contributed by atoms with Crippen molar-refractivity contribution in [3.8, 4) is 0 Å². The van der Waals surface area contributed by atoms with Crippen LogP contribution in [0.3, 0.4) is 0 Å². The zero-order chi connectivity index (χ0) is 10.3. The van der Waals surface area contributed by atoms with Crippen LogP contribution in [0.25, 0.3) is 11.2 Å². The predicted molar refractivity (Wildman–Crippen MR) is 38.9 cm³/mol. The maximum absolute atomic E-state index is 11.3. The van der Waals surface area contributed by atoms with Crippen molar-refractivity contribution in [2.75, 3.05) is 5.72 Å². The summed E-state index contributed by atoms with van der Waals surface area (Å²) in [6.45, 7) is 0. The van der Waals surface area contributed by atoms with Crippen molar-refractivity contribution in [1.29, 1.82) is 0 Å². The lowest BCUT2D eigenvalue weighted by molar-refractivity contribution is 1.17. The molecule has 4 N–H and O–H groups in total. The third kappa shape index (κ3) is 0.759. The van der Waals surface area contributed by atoms with Crippen LogP contribution in [-0.2, 0) is 0 Å². The van der Waals surface area contributed by atoms with Gasteiger partial charge in [0.15, 0.2) is 14.0 Å². The Morgan fingerprint density at radius 3 is 3.55 bits per heavy atom. The molecular weight excluding hydrogens is 146 g/mol. The summed E-state index contributed by atoms with van der Waals surface area (Å²) in [5.74, 6) is -0.242. The smallest absolute Gasteiger partial charge is 0.278 e. The van der Waals surface area contributed by atoms with Crippen molar-refractivity contribution in [3.63, 3.8) is 0 Å². The summed E-state index contributed by atoms with van der Waals surface area (Å²) in [7, 11) is 0. The number of hydrogen-bond acceptors (Lipinski definition) is 4. The monoisotopic (exact) mass is 154 g/mol. The lowest BCUT2D eigenvalue weighted by Gasteiger charge is -1.89. The van der Waals surface area contributed by atoms with Crippen molar-refractivity contribution in [1.82, 2.24) is 19.9 Å². The molecule has 0 saturated carbocycles. The van der Waals surface area contributed by atoms with Crippen LogP contribution in [0.15, 0.2) is 11.1 Å². The Morgan fingerprint density at radius 2 is 2.73 bits per heavy atom. The number of anilines is 1. The minimum atomic E-state index is -0.555. The number of rotatable bonds is 1. The highest BCUT2D eigenvalue weighted by Crippen LogP contribution is 1.98. The number of hydrogen-bond donors (Lipinski definition) is 3. The molecule has 2 aromatic rings. The number of nitrogens with one attached hydrogen (secondary N) is 2. The molecule has 0 aliphatic carbocycles. The quantitative estimate of drug-likeness (QED) is 0.502. The molecule has 0 spiro atoms. The van der Waals surface area contributed by atoms with E-state index in [0.29, 0.717) is 0 Å². The van der Waals surface area contributed by atoms with Crippen LogP contribution < -0.4 is 11.3 Å². The molecule has 0 aliphatic heterocycles. The highest BCUT2D eigenvalue weighted by atomic mass is 16.1. The predicted octanol–water partition coefficient (Wildman–Crippen LogP) is -0.772. The van der Waals surface area contributed by atoms with E-state index in [-0.39, 0.29) is 29.1 Å². The fraction of sp³-hybridized carbons (Fsp3) is 0. The van der Waals surface area contributed by atoms with E-state index in [2.05, 4.69) is 19.9 Å². The summed E-state index contributed by atoms with van der Waals surface area (Å²) in [6.07, 6.45) is -0.184. The molecule has 0 unspecified atom stereocenters. The molecule has 2 aromatic heterocycles. The lowest BCUT2D eigenvalue weighted by atomic mass is 10.5. The Balaban J connectivity index is 2.78. The number of aromatic nitrogens is 4. The largest absolute Gasteiger partial charge is 0.369 e. The van der Waals surface area contributed by atoms with Gasteiger partial charge in [-0.2, -0.15) is 4.98 Å². The van der Waals surface area contributed by atoms with Gasteiger partial charge in [0.25, 0.3) is 5.56 Å². The van der Waals surface area contributed by atoms with E-state index in [1.807, 2.05) is 0 Å². The minimum absolute atomic E-state index is 0.0262. The van der Waals surface area contributed by atoms with Crippen molar-refractivity contribution in [3.05, 3.63) is 16.7 Å². The molecule has 6 nitrogen and oxygen atoms in total. The number of nitrogen functional groups attached to an aromatic ring is 1. The average molecular weight is 154 g/mol. The van der Waals surface area contributed by atoms with Crippen LogP contribution in [0, 0.1) is 0 Å². The van der Waals surface area contributed by atoms with E-state index in [1.165, 1.54) is 0 Å². The molecule has 2 rings (SSSR count). The highest BCUT2D eigenvalue weighted by molar-refractivity contribution is 5.69. The molecular formula is C5H5N5O. The Labute approximate surface area is 64.8 Å². The van der Waals surface area contributed by atoms with Crippen LogP contribution >= 0.6 is 0 Å². The van der Waals surface area contributed by atoms with E-state index in [0.717, 1.165) is 0 Å². The van der Waals surface area contributed by atoms with Crippen LogP contribution in [-0.4, -0.2) is 19.9 Å². The molecule has 0 amide bonds. The van der Waals surface area contributed by atoms with Gasteiger partial charge in [0.05, 0.1) is 6.30 Å². The van der Waals surface area contributed by atoms with Crippen LogP contribution in [0.2, 0.25) is 2.82 Å². The van der Waals surface area contributed by atoms with Crippen molar-refractivity contribution < 1.29 is 4.19 Å². The van der Waals surface area contributed by atoms with Gasteiger partial charge in [-0.1, -0.05) is 0 Å². The van der Waals surface area contributed by atoms with E-state index in [9.17, 15) is 4.79 Å². The van der Waals surface area contributed by atoms with Gasteiger partial charge in [0, 0.05) is 0 Å². The fourth-order valence-corrected chi connectivity index (χ4v) is 0.780. The van der Waals surface area contributed by atoms with E-state index in [4.69, 9.17) is 4.19 Å². The second-order valence-corrected chi connectivity index (χ2v) is 1.94. The maximum Gasteiger partial charge on any atom is 0.278 e. The third-order valence-electron chi connectivity index (χ3n) is 1.23. The van der Waals surface area contributed by atoms with Crippen molar-refractivity contribution in [2.24, 2.45) is 0 Å². The molecule has 0 atom stereocenters. The number of nitrogens with two attached hydrogens (primary N) is 1. The molecule has 6 heteroatoms. The summed E-state index contributed by atoms with van der Waals surface area (Å²) >= 11 is 0. The molecule has 0 aromatic carbocycles. The van der Waals surface area contributed by atoms with E-state index in [1.54, 1.807) is 0 Å². The summed E-state index contributed by atoms with van der Waals surface area (Å²) in [5, 5.41) is 0. The molecule has 2 heterocycles. The van der Waals surface area contributed by atoms with Gasteiger partial charge in [0.1, 0.15) is 1.37 Å². The number of imidazole rings is 1. The maximum atomic E-state index is 11.3. The number of H-pyrrole nitrogens is 2. The normalized spacial score (nSPS) is 14.0. The number of nitrogens with zero attached hydrogens (tertiary/aromatic N) is 2. The first kappa shape index (κ1) is 3.51. The summed E-state index contributed by atoms with van der Waals surface area (Å²) in [4.78, 5) is 23.2. The van der Waals surface area contributed by atoms with Gasteiger partial charge in [-0.15, -0.1) is 0 Å². The molecule has 56 valence electrons. The van der Waals surface area contributed by atoms with Gasteiger partial charge in [0.2, 0.25) is 5.95 Å². The molecule has 0 aliphatic rings. The third-order valence-corrected chi connectivity index (χ3v) is 1.23. The van der Waals surface area contributed by atoms with Gasteiger partial charge in [-0.3, -0.25) is 9.78 Å². The molecule has 0 fully saturated rings. The van der Waals surface area contributed by atoms with Crippen molar-refractivity contribution in [2.45, 2.75) is 0 Å². The van der Waals surface area contributed by atoms with E-state index < -0.39 is 5.56 Å². The topological polar surface area (TPSA) is 100 Å². The Hall–Kier alpha value is -1.85. The second kappa shape index (κ2) is 1.82. The Bertz CT molecular complexity index is 532. The fourth-order valence-electron chi connectivity index (χ4n) is 0.780. The Morgan fingerprint density at radius 1 is 1.82 bits per heavy atom. The van der Waals surface area contributed by atoms with Gasteiger partial charge >= 0.3 is 0 Å². The standard InChI is InChI=1S/C5H5N5O/c6-5-9-3-2(4(11)10-5)7-1-8-3/h1H,(H4,6,7,8,9,10,11)/i1D/hD2. The second-order valence-electron chi connectivity index (χ2n) is 1.94. The van der Waals surface area contributed by atoms with Gasteiger partial charge < -0.3 is 10.7 Å². The lowest BCUT2D eigenvalue weighted by Crippen LogP contribution is -2.10. The van der Waals surface area contributed by atoms with Gasteiger partial charge in [-0.05, 0) is 0 Å². The SMILES string of the molecule is [2H]c1nc2nc(N([2H])[2H])[nH]c(=O)c2[nH]1. The minimum Gasteiger partial charge on any atom is -0.369 e. The molecule has 0 saturated heterocycles. The number of aromatic amines is 2. The Kier molecular flexibility index (Phi) is 0.580. The molecule has 0 bridgehead atoms. The first-order valence-corrected chi connectivity index (χ1v) is 2.82. The number of fused-ring (bicyclic) bond motifs is 1. The van der Waals surface area contributed by atoms with E-state index >= 15 is 0 Å². The first-order chi connectivity index (χ1) is 6.58.